The summed E-state index contributed by atoms with van der Waals surface area (Å²) in [4.78, 5) is 4.46. The predicted molar refractivity (Wildman–Crippen MR) is 53.1 cm³/mol. The predicted octanol–water partition coefficient (Wildman–Crippen LogP) is 1.05. The highest BCUT2D eigenvalue weighted by atomic mass is 15.2. The van der Waals surface area contributed by atoms with Crippen LogP contribution in [-0.2, 0) is 0 Å². The van der Waals surface area contributed by atoms with Gasteiger partial charge in [-0.15, -0.1) is 0 Å². The van der Waals surface area contributed by atoms with Crippen molar-refractivity contribution < 1.29 is 0 Å². The van der Waals surface area contributed by atoms with Crippen LogP contribution in [0.3, 0.4) is 0 Å². The molecule has 0 bridgehead atoms. The molecule has 1 aliphatic heterocycles. The second kappa shape index (κ2) is 4.88. The molecule has 0 spiro atoms. The van der Waals surface area contributed by atoms with E-state index in [1.54, 1.807) is 0 Å². The largest absolute Gasteiger partial charge is 0.361 e. The maximum Gasteiger partial charge on any atom is 0.117 e. The number of hydrogen-bond donors (Lipinski definition) is 0. The quantitative estimate of drug-likeness (QED) is 0.594. The molecule has 0 saturated carbocycles. The van der Waals surface area contributed by atoms with Crippen LogP contribution < -0.4 is 0 Å². The average molecular weight is 179 g/mol. The molecule has 0 amide bonds. The maximum atomic E-state index is 8.90. The Hall–Kier alpha value is -1.01. The molecule has 1 aliphatic rings. The number of nitriles is 1. The van der Waals surface area contributed by atoms with Crippen molar-refractivity contribution in [2.45, 2.75) is 13.3 Å². The monoisotopic (exact) mass is 179 g/mol. The molecule has 0 atom stereocenters. The molecule has 1 saturated heterocycles. The molecule has 0 N–H and O–H groups in total. The Kier molecular flexibility index (Phi) is 3.78. The second-order valence-electron chi connectivity index (χ2n) is 3.40. The number of rotatable bonds is 2. The van der Waals surface area contributed by atoms with Crippen LogP contribution in [0.2, 0.25) is 0 Å². The van der Waals surface area contributed by atoms with Crippen molar-refractivity contribution in [3.05, 3.63) is 11.8 Å². The Bertz CT molecular complexity index is 219. The zero-order valence-corrected chi connectivity index (χ0v) is 8.45. The van der Waals surface area contributed by atoms with E-state index in [9.17, 15) is 0 Å². The van der Waals surface area contributed by atoms with Crippen LogP contribution in [0.15, 0.2) is 11.8 Å². The van der Waals surface area contributed by atoms with Gasteiger partial charge in [0.2, 0.25) is 0 Å². The molecule has 0 aromatic rings. The van der Waals surface area contributed by atoms with Gasteiger partial charge in [-0.25, -0.2) is 0 Å². The lowest BCUT2D eigenvalue weighted by atomic mass is 10.2. The summed E-state index contributed by atoms with van der Waals surface area (Å²) in [5.41, 5.74) is 0.843. The molecular weight excluding hydrogens is 162 g/mol. The molecule has 1 heterocycles. The zero-order valence-electron chi connectivity index (χ0n) is 8.45. The zero-order chi connectivity index (χ0) is 9.68. The first-order valence-electron chi connectivity index (χ1n) is 4.81. The number of allylic oxidation sites excluding steroid dienone is 2. The summed E-state index contributed by atoms with van der Waals surface area (Å²) in [5, 5.41) is 8.90. The molecule has 0 radical (unpaired) electrons. The Morgan fingerprint density at radius 1 is 1.38 bits per heavy atom. The molecule has 0 unspecified atom stereocenters. The minimum absolute atomic E-state index is 0.843. The molecular formula is C10H17N3. The summed E-state index contributed by atoms with van der Waals surface area (Å²) in [6.07, 6.45) is 2.94. The third-order valence-electron chi connectivity index (χ3n) is 2.36. The van der Waals surface area contributed by atoms with Crippen molar-refractivity contribution in [2.75, 3.05) is 33.2 Å². The fourth-order valence-electron chi connectivity index (χ4n) is 1.49. The molecule has 0 aliphatic carbocycles. The number of nitrogens with zero attached hydrogens (tertiary/aromatic N) is 3. The van der Waals surface area contributed by atoms with Crippen molar-refractivity contribution in [3.63, 3.8) is 0 Å². The molecule has 0 aromatic heterocycles. The highest BCUT2D eigenvalue weighted by molar-refractivity contribution is 5.19. The van der Waals surface area contributed by atoms with Crippen molar-refractivity contribution in [3.8, 4) is 6.07 Å². The van der Waals surface area contributed by atoms with E-state index < -0.39 is 0 Å². The van der Waals surface area contributed by atoms with Crippen molar-refractivity contribution in [2.24, 2.45) is 0 Å². The first-order valence-corrected chi connectivity index (χ1v) is 4.81. The lowest BCUT2D eigenvalue weighted by molar-refractivity contribution is 0.190. The molecule has 0 aromatic carbocycles. The SMILES string of the molecule is CCC=C(C#N)N1CCN(C)CC1. The Morgan fingerprint density at radius 2 is 2.00 bits per heavy atom. The molecule has 13 heavy (non-hydrogen) atoms. The van der Waals surface area contributed by atoms with Crippen molar-refractivity contribution in [1.29, 1.82) is 5.26 Å². The van der Waals surface area contributed by atoms with Crippen LogP contribution in [0.25, 0.3) is 0 Å². The fourth-order valence-corrected chi connectivity index (χ4v) is 1.49. The van der Waals surface area contributed by atoms with Crippen LogP contribution in [0.1, 0.15) is 13.3 Å². The van der Waals surface area contributed by atoms with E-state index in [0.29, 0.717) is 0 Å². The molecule has 3 heteroatoms. The second-order valence-corrected chi connectivity index (χ2v) is 3.40. The van der Waals surface area contributed by atoms with Gasteiger partial charge >= 0.3 is 0 Å². The highest BCUT2D eigenvalue weighted by Crippen LogP contribution is 2.08. The topological polar surface area (TPSA) is 30.3 Å². The van der Waals surface area contributed by atoms with Gasteiger partial charge in [0.25, 0.3) is 0 Å². The van der Waals surface area contributed by atoms with Crippen LogP contribution in [0.5, 0.6) is 0 Å². The molecule has 1 fully saturated rings. The number of likely N-dealkylation sites (N-methyl/N-ethyl adjacent to an activating group) is 1. The van der Waals surface area contributed by atoms with Gasteiger partial charge in [0.15, 0.2) is 0 Å². The first kappa shape index (κ1) is 10.1. The van der Waals surface area contributed by atoms with Gasteiger partial charge in [-0.05, 0) is 13.5 Å². The van der Waals surface area contributed by atoms with Gasteiger partial charge < -0.3 is 9.80 Å². The van der Waals surface area contributed by atoms with E-state index >= 15 is 0 Å². The van der Waals surface area contributed by atoms with E-state index in [1.807, 2.05) is 6.08 Å². The van der Waals surface area contributed by atoms with E-state index in [2.05, 4.69) is 29.8 Å². The summed E-state index contributed by atoms with van der Waals surface area (Å²) in [5.74, 6) is 0. The summed E-state index contributed by atoms with van der Waals surface area (Å²) in [6.45, 7) is 6.14. The maximum absolute atomic E-state index is 8.90. The minimum atomic E-state index is 0.843. The normalized spacial score (nSPS) is 20.1. The standard InChI is InChI=1S/C10H17N3/c1-3-4-10(9-11)13-7-5-12(2)6-8-13/h4H,3,5-8H2,1-2H3. The molecule has 3 nitrogen and oxygen atoms in total. The van der Waals surface area contributed by atoms with E-state index in [-0.39, 0.29) is 0 Å². The van der Waals surface area contributed by atoms with Gasteiger partial charge in [-0.2, -0.15) is 5.26 Å². The van der Waals surface area contributed by atoms with Crippen LogP contribution in [-0.4, -0.2) is 43.0 Å². The highest BCUT2D eigenvalue weighted by Gasteiger charge is 2.15. The number of piperazine rings is 1. The van der Waals surface area contributed by atoms with Gasteiger partial charge in [-0.3, -0.25) is 0 Å². The summed E-state index contributed by atoms with van der Waals surface area (Å²) >= 11 is 0. The molecule has 72 valence electrons. The van der Waals surface area contributed by atoms with Gasteiger partial charge in [0.05, 0.1) is 0 Å². The Labute approximate surface area is 80.2 Å². The van der Waals surface area contributed by atoms with Crippen molar-refractivity contribution in [1.82, 2.24) is 9.80 Å². The Balaban J connectivity index is 2.52. The van der Waals surface area contributed by atoms with Crippen LogP contribution >= 0.6 is 0 Å². The lowest BCUT2D eigenvalue weighted by Gasteiger charge is -2.33. The summed E-state index contributed by atoms with van der Waals surface area (Å²) in [6, 6.07) is 2.26. The average Bonchev–Trinajstić information content (AvgIpc) is 2.16. The number of hydrogen-bond acceptors (Lipinski definition) is 3. The van der Waals surface area contributed by atoms with E-state index in [1.165, 1.54) is 0 Å². The minimum Gasteiger partial charge on any atom is -0.361 e. The van der Waals surface area contributed by atoms with Crippen LogP contribution in [0, 0.1) is 11.3 Å². The van der Waals surface area contributed by atoms with Gasteiger partial charge in [-0.1, -0.05) is 13.0 Å². The van der Waals surface area contributed by atoms with Crippen LogP contribution in [0.4, 0.5) is 0 Å². The third-order valence-corrected chi connectivity index (χ3v) is 2.36. The third kappa shape index (κ3) is 2.74. The van der Waals surface area contributed by atoms with E-state index in [0.717, 1.165) is 38.3 Å². The summed E-state index contributed by atoms with van der Waals surface area (Å²) in [7, 11) is 2.12. The van der Waals surface area contributed by atoms with Gasteiger partial charge in [0.1, 0.15) is 11.8 Å². The van der Waals surface area contributed by atoms with Gasteiger partial charge in [0, 0.05) is 26.2 Å². The summed E-state index contributed by atoms with van der Waals surface area (Å²) < 4.78 is 0. The fraction of sp³-hybridized carbons (Fsp3) is 0.700. The first-order chi connectivity index (χ1) is 6.27. The molecule has 1 rings (SSSR count). The smallest absolute Gasteiger partial charge is 0.117 e. The Morgan fingerprint density at radius 3 is 2.46 bits per heavy atom. The van der Waals surface area contributed by atoms with E-state index in [4.69, 9.17) is 5.26 Å². The van der Waals surface area contributed by atoms with Crippen molar-refractivity contribution >= 4 is 0 Å². The lowest BCUT2D eigenvalue weighted by Crippen LogP contribution is -2.43.